The molecule has 0 saturated carbocycles. The lowest BCUT2D eigenvalue weighted by atomic mass is 10.1. The molecule has 0 aliphatic rings. The molecule has 2 amide bonds. The highest BCUT2D eigenvalue weighted by Gasteiger charge is 2.34. The number of hydrogen-bond donors (Lipinski definition) is 2. The summed E-state index contributed by atoms with van der Waals surface area (Å²) in [6.07, 6.45) is -4.69. The second kappa shape index (κ2) is 7.96. The van der Waals surface area contributed by atoms with E-state index in [0.29, 0.717) is 5.69 Å². The number of aryl methyl sites for hydroxylation is 1. The molecule has 0 aliphatic heterocycles. The third kappa shape index (κ3) is 4.56. The molecule has 0 fully saturated rings. The monoisotopic (exact) mass is 391 g/mol. The predicted octanol–water partition coefficient (Wildman–Crippen LogP) is 2.45. The number of nitrogens with two attached hydrogens (primary N) is 1. The molecule has 0 atom stereocenters. The molecular formula is C18H16F3N5O2. The molecular weight excluding hydrogens is 375 g/mol. The van der Waals surface area contributed by atoms with Gasteiger partial charge < -0.3 is 16.0 Å². The molecule has 1 heterocycles. The van der Waals surface area contributed by atoms with Crippen molar-refractivity contribution in [2.24, 2.45) is 5.73 Å². The summed E-state index contributed by atoms with van der Waals surface area (Å²) in [4.78, 5) is 28.3. The van der Waals surface area contributed by atoms with Crippen molar-refractivity contribution >= 4 is 23.3 Å². The summed E-state index contributed by atoms with van der Waals surface area (Å²) < 4.78 is 38.8. The minimum atomic E-state index is -4.69. The number of anilines is 2. The number of carbonyl (C=O) groups is 2. The molecule has 0 unspecified atom stereocenters. The average Bonchev–Trinajstić information content (AvgIpc) is 2.64. The maximum atomic E-state index is 12.9. The van der Waals surface area contributed by atoms with Crippen LogP contribution in [0, 0.1) is 18.3 Å². The number of halogens is 3. The number of aromatic nitrogens is 1. The fourth-order valence-electron chi connectivity index (χ4n) is 2.38. The summed E-state index contributed by atoms with van der Waals surface area (Å²) in [6, 6.07) is 8.55. The van der Waals surface area contributed by atoms with Gasteiger partial charge in [0, 0.05) is 18.3 Å². The van der Waals surface area contributed by atoms with Crippen LogP contribution in [0.3, 0.4) is 0 Å². The molecule has 10 heteroatoms. The van der Waals surface area contributed by atoms with Crippen molar-refractivity contribution in [2.45, 2.75) is 13.1 Å². The summed E-state index contributed by atoms with van der Waals surface area (Å²) in [5.41, 5.74) is 4.61. The van der Waals surface area contributed by atoms with Crippen LogP contribution in [0.4, 0.5) is 24.7 Å². The zero-order chi connectivity index (χ0) is 21.1. The molecule has 7 nitrogen and oxygen atoms in total. The smallest absolute Gasteiger partial charge is 0.366 e. The first kappa shape index (κ1) is 20.7. The number of pyridine rings is 1. The van der Waals surface area contributed by atoms with Crippen molar-refractivity contribution in [3.8, 4) is 6.07 Å². The first-order chi connectivity index (χ1) is 13.0. The van der Waals surface area contributed by atoms with Crippen LogP contribution in [0.15, 0.2) is 30.3 Å². The molecule has 0 spiro atoms. The Balaban J connectivity index is 2.22. The van der Waals surface area contributed by atoms with E-state index in [4.69, 9.17) is 5.73 Å². The lowest BCUT2D eigenvalue weighted by Gasteiger charge is -2.19. The number of alkyl halides is 3. The molecule has 1 aromatic carbocycles. The maximum absolute atomic E-state index is 12.9. The van der Waals surface area contributed by atoms with Crippen molar-refractivity contribution in [2.75, 3.05) is 23.8 Å². The quantitative estimate of drug-likeness (QED) is 0.813. The Kier molecular flexibility index (Phi) is 5.88. The van der Waals surface area contributed by atoms with E-state index in [1.54, 1.807) is 12.1 Å². The van der Waals surface area contributed by atoms with Crippen LogP contribution in [-0.2, 0) is 11.0 Å². The third-order valence-corrected chi connectivity index (χ3v) is 3.92. The van der Waals surface area contributed by atoms with E-state index >= 15 is 0 Å². The number of primary amides is 1. The zero-order valence-corrected chi connectivity index (χ0v) is 15.0. The molecule has 0 aliphatic carbocycles. The van der Waals surface area contributed by atoms with Crippen molar-refractivity contribution < 1.29 is 22.8 Å². The van der Waals surface area contributed by atoms with Crippen LogP contribution in [0.1, 0.15) is 27.2 Å². The number of amides is 2. The number of nitrogens with one attached hydrogen (secondary N) is 1. The van der Waals surface area contributed by atoms with Crippen LogP contribution in [-0.4, -0.2) is 30.4 Å². The topological polar surface area (TPSA) is 112 Å². The number of hydrogen-bond acceptors (Lipinski definition) is 5. The van der Waals surface area contributed by atoms with Gasteiger partial charge in [-0.1, -0.05) is 6.07 Å². The van der Waals surface area contributed by atoms with Gasteiger partial charge in [0.25, 0.3) is 0 Å². The summed E-state index contributed by atoms with van der Waals surface area (Å²) in [5, 5.41) is 11.7. The second-order valence-corrected chi connectivity index (χ2v) is 5.88. The van der Waals surface area contributed by atoms with Gasteiger partial charge >= 0.3 is 6.18 Å². The summed E-state index contributed by atoms with van der Waals surface area (Å²) in [6.45, 7) is 0.934. The standard InChI is InChI=1S/C18H16F3N5O2/c1-10-6-14(18(19,20)21)25-17(13(10)8-22)24-9-15(27)26(2)12-5-3-4-11(7-12)16(23)28/h3-7H,9H2,1-2H3,(H2,23,28)(H,24,25). The van der Waals surface area contributed by atoms with E-state index in [-0.39, 0.29) is 22.5 Å². The van der Waals surface area contributed by atoms with Crippen molar-refractivity contribution in [3.63, 3.8) is 0 Å². The normalized spacial score (nSPS) is 10.9. The third-order valence-electron chi connectivity index (χ3n) is 3.92. The molecule has 0 saturated heterocycles. The number of carbonyl (C=O) groups excluding carboxylic acids is 2. The first-order valence-corrected chi connectivity index (χ1v) is 7.93. The maximum Gasteiger partial charge on any atom is 0.433 e. The Morgan fingerprint density at radius 2 is 2.00 bits per heavy atom. The van der Waals surface area contributed by atoms with Crippen LogP contribution < -0.4 is 16.0 Å². The number of nitrogens with zero attached hydrogens (tertiary/aromatic N) is 3. The number of benzene rings is 1. The molecule has 3 N–H and O–H groups in total. The van der Waals surface area contributed by atoms with Gasteiger partial charge in [-0.15, -0.1) is 0 Å². The van der Waals surface area contributed by atoms with Gasteiger partial charge in [-0.05, 0) is 36.8 Å². The van der Waals surface area contributed by atoms with Gasteiger partial charge in [-0.3, -0.25) is 9.59 Å². The van der Waals surface area contributed by atoms with E-state index in [0.717, 1.165) is 6.07 Å². The second-order valence-electron chi connectivity index (χ2n) is 5.88. The van der Waals surface area contributed by atoms with E-state index in [1.165, 1.54) is 37.1 Å². The lowest BCUT2D eigenvalue weighted by molar-refractivity contribution is -0.141. The molecule has 0 radical (unpaired) electrons. The van der Waals surface area contributed by atoms with Crippen molar-refractivity contribution in [1.29, 1.82) is 5.26 Å². The number of rotatable bonds is 5. The van der Waals surface area contributed by atoms with Gasteiger partial charge in [0.05, 0.1) is 12.1 Å². The zero-order valence-electron chi connectivity index (χ0n) is 15.0. The molecule has 1 aromatic heterocycles. The largest absolute Gasteiger partial charge is 0.433 e. The highest BCUT2D eigenvalue weighted by atomic mass is 19.4. The first-order valence-electron chi connectivity index (χ1n) is 7.93. The minimum absolute atomic E-state index is 0.0841. The molecule has 2 rings (SSSR count). The van der Waals surface area contributed by atoms with E-state index in [9.17, 15) is 28.0 Å². The van der Waals surface area contributed by atoms with Crippen molar-refractivity contribution in [3.05, 3.63) is 52.7 Å². The highest BCUT2D eigenvalue weighted by Crippen LogP contribution is 2.31. The van der Waals surface area contributed by atoms with Gasteiger partial charge in [0.1, 0.15) is 17.6 Å². The van der Waals surface area contributed by atoms with E-state index in [1.807, 2.05) is 0 Å². The number of likely N-dealkylation sites (N-methyl/N-ethyl adjacent to an activating group) is 1. The number of nitriles is 1. The molecule has 146 valence electrons. The Labute approximate surface area is 158 Å². The van der Waals surface area contributed by atoms with Crippen LogP contribution in [0.25, 0.3) is 0 Å². The fraction of sp³-hybridized carbons (Fsp3) is 0.222. The summed E-state index contributed by atoms with van der Waals surface area (Å²) in [5.74, 6) is -1.52. The van der Waals surface area contributed by atoms with Gasteiger partial charge in [-0.25, -0.2) is 4.98 Å². The molecule has 0 bridgehead atoms. The van der Waals surface area contributed by atoms with Gasteiger partial charge in [0.15, 0.2) is 0 Å². The Morgan fingerprint density at radius 1 is 1.32 bits per heavy atom. The summed E-state index contributed by atoms with van der Waals surface area (Å²) >= 11 is 0. The van der Waals surface area contributed by atoms with E-state index < -0.39 is 30.2 Å². The Morgan fingerprint density at radius 3 is 2.57 bits per heavy atom. The minimum Gasteiger partial charge on any atom is -0.366 e. The van der Waals surface area contributed by atoms with E-state index in [2.05, 4.69) is 10.3 Å². The molecule has 28 heavy (non-hydrogen) atoms. The molecule has 2 aromatic rings. The van der Waals surface area contributed by atoms with Crippen LogP contribution in [0.5, 0.6) is 0 Å². The highest BCUT2D eigenvalue weighted by molar-refractivity contribution is 5.98. The summed E-state index contributed by atoms with van der Waals surface area (Å²) in [7, 11) is 1.43. The lowest BCUT2D eigenvalue weighted by Crippen LogP contribution is -2.32. The predicted molar refractivity (Wildman–Crippen MR) is 95.6 cm³/mol. The Hall–Kier alpha value is -3.61. The Bertz CT molecular complexity index is 967. The SMILES string of the molecule is Cc1cc(C(F)(F)F)nc(NCC(=O)N(C)c2cccc(C(N)=O)c2)c1C#N. The van der Waals surface area contributed by atoms with Crippen LogP contribution >= 0.6 is 0 Å². The van der Waals surface area contributed by atoms with Crippen molar-refractivity contribution in [1.82, 2.24) is 4.98 Å². The van der Waals surface area contributed by atoms with Gasteiger partial charge in [-0.2, -0.15) is 18.4 Å². The average molecular weight is 391 g/mol. The van der Waals surface area contributed by atoms with Gasteiger partial charge in [0.2, 0.25) is 11.8 Å². The van der Waals surface area contributed by atoms with Crippen LogP contribution in [0.2, 0.25) is 0 Å². The fourth-order valence-corrected chi connectivity index (χ4v) is 2.38.